The number of nitrogens with one attached hydrogen (secondary N) is 2. The molecule has 30 heavy (non-hydrogen) atoms. The van der Waals surface area contributed by atoms with Gasteiger partial charge in [0.1, 0.15) is 5.75 Å². The van der Waals surface area contributed by atoms with E-state index in [1.165, 1.54) is 42.7 Å². The van der Waals surface area contributed by atoms with Crippen LogP contribution in [-0.4, -0.2) is 31.4 Å². The molecule has 3 aromatic rings. The quantitative estimate of drug-likeness (QED) is 0.539. The Labute approximate surface area is 178 Å². The third-order valence-electron chi connectivity index (χ3n) is 3.80. The molecule has 0 radical (unpaired) electrons. The van der Waals surface area contributed by atoms with E-state index in [0.29, 0.717) is 16.5 Å². The Morgan fingerprint density at radius 1 is 1.10 bits per heavy atom. The molecular weight excluding hydrogens is 428 g/mol. The van der Waals surface area contributed by atoms with Crippen LogP contribution in [0.15, 0.2) is 71.9 Å². The van der Waals surface area contributed by atoms with Gasteiger partial charge in [0, 0.05) is 11.8 Å². The number of benzene rings is 2. The highest BCUT2D eigenvalue weighted by atomic mass is 35.5. The van der Waals surface area contributed by atoms with Gasteiger partial charge >= 0.3 is 0 Å². The molecule has 10 heteroatoms. The number of hydrogen-bond donors (Lipinski definition) is 2. The van der Waals surface area contributed by atoms with Crippen LogP contribution in [0.4, 0.5) is 11.6 Å². The van der Waals surface area contributed by atoms with Crippen LogP contribution >= 0.6 is 11.6 Å². The van der Waals surface area contributed by atoms with Gasteiger partial charge in [0.25, 0.3) is 10.0 Å². The summed E-state index contributed by atoms with van der Waals surface area (Å²) in [6.45, 7) is 0. The number of hydrogen-bond acceptors (Lipinski definition) is 6. The Hall–Kier alpha value is -3.43. The van der Waals surface area contributed by atoms with E-state index < -0.39 is 10.0 Å². The largest absolute Gasteiger partial charge is 0.497 e. The van der Waals surface area contributed by atoms with Gasteiger partial charge in [-0.15, -0.1) is 0 Å². The number of carbonyl (C=O) groups excluding carboxylic acids is 1. The van der Waals surface area contributed by atoms with Gasteiger partial charge in [0.05, 0.1) is 29.4 Å². The van der Waals surface area contributed by atoms with E-state index in [0.717, 1.165) is 5.56 Å². The molecule has 0 saturated carbocycles. The highest BCUT2D eigenvalue weighted by molar-refractivity contribution is 7.92. The summed E-state index contributed by atoms with van der Waals surface area (Å²) in [5, 5.41) is 2.95. The van der Waals surface area contributed by atoms with E-state index in [2.05, 4.69) is 20.0 Å². The maximum absolute atomic E-state index is 12.4. The Morgan fingerprint density at radius 3 is 2.47 bits per heavy atom. The van der Waals surface area contributed by atoms with E-state index in [-0.39, 0.29) is 16.8 Å². The number of aromatic nitrogens is 2. The van der Waals surface area contributed by atoms with Crippen LogP contribution in [0.25, 0.3) is 6.08 Å². The average Bonchev–Trinajstić information content (AvgIpc) is 2.74. The molecule has 0 aliphatic rings. The summed E-state index contributed by atoms with van der Waals surface area (Å²) in [4.78, 5) is 19.7. The van der Waals surface area contributed by atoms with Crippen LogP contribution in [0.3, 0.4) is 0 Å². The number of ether oxygens (including phenoxy) is 1. The average molecular weight is 445 g/mol. The molecule has 2 N–H and O–H groups in total. The number of amides is 1. The van der Waals surface area contributed by atoms with Gasteiger partial charge in [-0.25, -0.2) is 23.1 Å². The van der Waals surface area contributed by atoms with Crippen molar-refractivity contribution in [1.29, 1.82) is 0 Å². The monoisotopic (exact) mass is 444 g/mol. The van der Waals surface area contributed by atoms with Crippen molar-refractivity contribution in [2.24, 2.45) is 0 Å². The standard InChI is InChI=1S/C20H17ClN4O4S/c1-29-17-4-2-3-14(11-17)5-10-19(26)24-16-6-8-18(9-7-16)30(27,28)25-20-22-12-15(21)13-23-20/h2-13H,1H3,(H,24,26)(H,22,23,25)/b10-5+. The zero-order chi connectivity index (χ0) is 21.6. The summed E-state index contributed by atoms with van der Waals surface area (Å²) >= 11 is 5.68. The van der Waals surface area contributed by atoms with Crippen LogP contribution in [-0.2, 0) is 14.8 Å². The number of carbonyl (C=O) groups is 1. The summed E-state index contributed by atoms with van der Waals surface area (Å²) in [7, 11) is -2.31. The summed E-state index contributed by atoms with van der Waals surface area (Å²) in [5.41, 5.74) is 1.25. The van der Waals surface area contributed by atoms with Crippen molar-refractivity contribution in [3.8, 4) is 5.75 Å². The highest BCUT2D eigenvalue weighted by Gasteiger charge is 2.15. The fourth-order valence-corrected chi connectivity index (χ4v) is 3.42. The molecule has 1 heterocycles. The second-order valence-electron chi connectivity index (χ2n) is 5.95. The van der Waals surface area contributed by atoms with Crippen LogP contribution in [0.5, 0.6) is 5.75 Å². The Bertz CT molecular complexity index is 1160. The Kier molecular flexibility index (Phi) is 6.65. The van der Waals surface area contributed by atoms with E-state index in [4.69, 9.17) is 16.3 Å². The Balaban J connectivity index is 1.64. The van der Waals surface area contributed by atoms with Gasteiger partial charge in [0.2, 0.25) is 11.9 Å². The number of halogens is 1. The Morgan fingerprint density at radius 2 is 1.80 bits per heavy atom. The molecule has 0 bridgehead atoms. The van der Waals surface area contributed by atoms with Crippen LogP contribution < -0.4 is 14.8 Å². The van der Waals surface area contributed by atoms with Crippen molar-refractivity contribution in [3.05, 3.63) is 77.6 Å². The predicted octanol–water partition coefficient (Wildman–Crippen LogP) is 3.59. The molecule has 8 nitrogen and oxygen atoms in total. The maximum Gasteiger partial charge on any atom is 0.264 e. The molecule has 0 aliphatic heterocycles. The van der Waals surface area contributed by atoms with E-state index in [9.17, 15) is 13.2 Å². The topological polar surface area (TPSA) is 110 Å². The number of rotatable bonds is 7. The molecule has 1 amide bonds. The fourth-order valence-electron chi connectivity index (χ4n) is 2.36. The second-order valence-corrected chi connectivity index (χ2v) is 8.07. The van der Waals surface area contributed by atoms with Crippen molar-refractivity contribution in [1.82, 2.24) is 9.97 Å². The second kappa shape index (κ2) is 9.38. The van der Waals surface area contributed by atoms with Gasteiger partial charge < -0.3 is 10.1 Å². The normalized spacial score (nSPS) is 11.3. The minimum absolute atomic E-state index is 0.00836. The number of nitrogens with zero attached hydrogens (tertiary/aromatic N) is 2. The zero-order valence-corrected chi connectivity index (χ0v) is 17.3. The van der Waals surface area contributed by atoms with Gasteiger partial charge in [-0.05, 0) is 48.0 Å². The molecule has 0 spiro atoms. The van der Waals surface area contributed by atoms with Crippen molar-refractivity contribution in [3.63, 3.8) is 0 Å². The predicted molar refractivity (Wildman–Crippen MR) is 115 cm³/mol. The molecule has 0 fully saturated rings. The summed E-state index contributed by atoms with van der Waals surface area (Å²) in [6.07, 6.45) is 5.58. The molecule has 0 aliphatic carbocycles. The first-order valence-electron chi connectivity index (χ1n) is 8.59. The lowest BCUT2D eigenvalue weighted by atomic mass is 10.2. The molecular formula is C20H17ClN4O4S. The number of methoxy groups -OCH3 is 1. The third kappa shape index (κ3) is 5.79. The lowest BCUT2D eigenvalue weighted by Gasteiger charge is -2.08. The molecule has 2 aromatic carbocycles. The first kappa shape index (κ1) is 21.3. The first-order valence-corrected chi connectivity index (χ1v) is 10.5. The van der Waals surface area contributed by atoms with Gasteiger partial charge in [-0.1, -0.05) is 23.7 Å². The number of sulfonamides is 1. The van der Waals surface area contributed by atoms with E-state index >= 15 is 0 Å². The molecule has 0 saturated heterocycles. The first-order chi connectivity index (χ1) is 14.4. The third-order valence-corrected chi connectivity index (χ3v) is 5.34. The lowest BCUT2D eigenvalue weighted by Crippen LogP contribution is -2.15. The van der Waals surface area contributed by atoms with Gasteiger partial charge in [-0.3, -0.25) is 4.79 Å². The lowest BCUT2D eigenvalue weighted by molar-refractivity contribution is -0.111. The smallest absolute Gasteiger partial charge is 0.264 e. The van der Waals surface area contributed by atoms with Gasteiger partial charge in [-0.2, -0.15) is 0 Å². The molecule has 0 unspecified atom stereocenters. The minimum atomic E-state index is -3.88. The maximum atomic E-state index is 12.4. The highest BCUT2D eigenvalue weighted by Crippen LogP contribution is 2.17. The molecule has 1 aromatic heterocycles. The summed E-state index contributed by atoms with van der Waals surface area (Å²) in [6, 6.07) is 12.9. The fraction of sp³-hybridized carbons (Fsp3) is 0.0500. The van der Waals surface area contributed by atoms with Crippen molar-refractivity contribution in [2.75, 3.05) is 17.1 Å². The van der Waals surface area contributed by atoms with Crippen LogP contribution in [0.1, 0.15) is 5.56 Å². The SMILES string of the molecule is COc1cccc(/C=C/C(=O)Nc2ccc(S(=O)(=O)Nc3ncc(Cl)cn3)cc2)c1. The summed E-state index contributed by atoms with van der Waals surface area (Å²) in [5.74, 6) is 0.229. The molecule has 0 atom stereocenters. The van der Waals surface area contributed by atoms with Crippen molar-refractivity contribution < 1.29 is 17.9 Å². The van der Waals surface area contributed by atoms with Crippen molar-refractivity contribution in [2.45, 2.75) is 4.90 Å². The zero-order valence-electron chi connectivity index (χ0n) is 15.7. The molecule has 154 valence electrons. The van der Waals surface area contributed by atoms with Crippen LogP contribution in [0.2, 0.25) is 5.02 Å². The van der Waals surface area contributed by atoms with E-state index in [1.807, 2.05) is 12.1 Å². The van der Waals surface area contributed by atoms with Crippen molar-refractivity contribution >= 4 is 45.2 Å². The van der Waals surface area contributed by atoms with Gasteiger partial charge in [0.15, 0.2) is 0 Å². The summed E-state index contributed by atoms with van der Waals surface area (Å²) < 4.78 is 32.2. The van der Waals surface area contributed by atoms with Crippen LogP contribution in [0, 0.1) is 0 Å². The van der Waals surface area contributed by atoms with E-state index in [1.54, 1.807) is 25.3 Å². The number of anilines is 2. The minimum Gasteiger partial charge on any atom is -0.497 e. The molecule has 3 rings (SSSR count).